The van der Waals surface area contributed by atoms with Crippen molar-refractivity contribution in [1.29, 1.82) is 0 Å². The van der Waals surface area contributed by atoms with E-state index < -0.39 is 0 Å². The molecule has 2 aromatic carbocycles. The number of hydrogen-bond acceptors (Lipinski definition) is 2. The van der Waals surface area contributed by atoms with E-state index in [9.17, 15) is 5.11 Å². The van der Waals surface area contributed by atoms with Crippen molar-refractivity contribution in [2.24, 2.45) is 0 Å². The number of unbranched alkanes of at least 4 members (excludes halogenated alkanes) is 2. The Bertz CT molecular complexity index is 1210. The zero-order chi connectivity index (χ0) is 20.7. The molecule has 5 rings (SSSR count). The third-order valence-electron chi connectivity index (χ3n) is 6.85. The van der Waals surface area contributed by atoms with Gasteiger partial charge in [0, 0.05) is 23.0 Å². The lowest BCUT2D eigenvalue weighted by Crippen LogP contribution is -2.12. The Kier molecular flexibility index (Phi) is 4.98. The first-order valence-corrected chi connectivity index (χ1v) is 11.5. The highest BCUT2D eigenvalue weighted by Crippen LogP contribution is 2.49. The van der Waals surface area contributed by atoms with Crippen molar-refractivity contribution in [3.8, 4) is 11.6 Å². The summed E-state index contributed by atoms with van der Waals surface area (Å²) in [6.45, 7) is 4.57. The van der Waals surface area contributed by atoms with Crippen LogP contribution in [0.1, 0.15) is 75.3 Å². The van der Waals surface area contributed by atoms with E-state index in [4.69, 9.17) is 4.98 Å². The van der Waals surface area contributed by atoms with Gasteiger partial charge in [-0.05, 0) is 54.0 Å². The molecule has 0 bridgehead atoms. The summed E-state index contributed by atoms with van der Waals surface area (Å²) < 4.78 is 2.32. The monoisotopic (exact) mass is 398 g/mol. The number of hydrogen-bond donors (Lipinski definition) is 1. The van der Waals surface area contributed by atoms with E-state index in [0.717, 1.165) is 11.3 Å². The fourth-order valence-corrected chi connectivity index (χ4v) is 5.48. The number of pyridine rings is 1. The Morgan fingerprint density at radius 3 is 2.37 bits per heavy atom. The van der Waals surface area contributed by atoms with Crippen molar-refractivity contribution in [2.75, 3.05) is 0 Å². The van der Waals surface area contributed by atoms with Crippen LogP contribution in [0.15, 0.2) is 54.7 Å². The minimum atomic E-state index is 0.301. The van der Waals surface area contributed by atoms with E-state index >= 15 is 0 Å². The van der Waals surface area contributed by atoms with Crippen LogP contribution < -0.4 is 0 Å². The fourth-order valence-electron chi connectivity index (χ4n) is 5.48. The van der Waals surface area contributed by atoms with Gasteiger partial charge < -0.3 is 5.11 Å². The summed E-state index contributed by atoms with van der Waals surface area (Å²) in [6, 6.07) is 16.9. The normalized spacial score (nSPS) is 17.9. The second kappa shape index (κ2) is 7.79. The Hall–Kier alpha value is -2.81. The first-order chi connectivity index (χ1) is 14.7. The minimum absolute atomic E-state index is 0.301. The first kappa shape index (κ1) is 19.2. The summed E-state index contributed by atoms with van der Waals surface area (Å²) >= 11 is 0. The molecule has 0 fully saturated rings. The maximum atomic E-state index is 10.3. The number of nitrogens with zero attached hydrogens (tertiary/aromatic N) is 2. The number of phenolic OH excluding ortho intramolecular Hbond substituents is 1. The topological polar surface area (TPSA) is 38.0 Å². The van der Waals surface area contributed by atoms with Crippen molar-refractivity contribution in [2.45, 2.75) is 64.2 Å². The van der Waals surface area contributed by atoms with E-state index in [1.165, 1.54) is 65.9 Å². The van der Waals surface area contributed by atoms with Gasteiger partial charge in [0.1, 0.15) is 11.6 Å². The standard InChI is InChI=1S/C27H30N2O/c1-3-5-9-19-20(10-6-4-2)24-13-8-16-28-27(24)29-25-17-18(30)14-15-21(25)23-12-7-11-22(19)26(23)29/h7-8,11-17,19-20,30H,3-6,9-10H2,1-2H3. The largest absolute Gasteiger partial charge is 0.508 e. The first-order valence-electron chi connectivity index (χ1n) is 11.5. The predicted molar refractivity (Wildman–Crippen MR) is 125 cm³/mol. The maximum absolute atomic E-state index is 10.3. The summed E-state index contributed by atoms with van der Waals surface area (Å²) in [4.78, 5) is 4.91. The third-order valence-corrected chi connectivity index (χ3v) is 6.85. The van der Waals surface area contributed by atoms with Crippen LogP contribution in [0, 0.1) is 0 Å². The number of para-hydroxylation sites is 1. The predicted octanol–water partition coefficient (Wildman–Crippen LogP) is 7.45. The number of phenols is 1. The Morgan fingerprint density at radius 1 is 0.867 bits per heavy atom. The van der Waals surface area contributed by atoms with Crippen LogP contribution in [0.2, 0.25) is 0 Å². The molecule has 154 valence electrons. The summed E-state index contributed by atoms with van der Waals surface area (Å²) in [5.74, 6) is 2.30. The van der Waals surface area contributed by atoms with Gasteiger partial charge >= 0.3 is 0 Å². The van der Waals surface area contributed by atoms with Crippen LogP contribution in [-0.4, -0.2) is 14.7 Å². The number of benzene rings is 2. The Labute approximate surface area is 178 Å². The molecule has 3 heteroatoms. The second-order valence-corrected chi connectivity index (χ2v) is 8.69. The maximum Gasteiger partial charge on any atom is 0.141 e. The molecule has 0 aliphatic carbocycles. The molecule has 2 unspecified atom stereocenters. The lowest BCUT2D eigenvalue weighted by molar-refractivity contribution is 0.453. The molecule has 1 N–H and O–H groups in total. The van der Waals surface area contributed by atoms with E-state index in [0.29, 0.717) is 17.6 Å². The van der Waals surface area contributed by atoms with Crippen molar-refractivity contribution < 1.29 is 5.11 Å². The van der Waals surface area contributed by atoms with Crippen LogP contribution in [0.25, 0.3) is 27.6 Å². The molecule has 3 nitrogen and oxygen atoms in total. The molecule has 30 heavy (non-hydrogen) atoms. The SMILES string of the molecule is CCCCC1c2cccnc2-n2c3cc(O)ccc3c3cccc(c32)C1CCCC. The molecule has 0 amide bonds. The summed E-state index contributed by atoms with van der Waals surface area (Å²) in [5.41, 5.74) is 5.11. The van der Waals surface area contributed by atoms with Crippen molar-refractivity contribution in [1.82, 2.24) is 9.55 Å². The van der Waals surface area contributed by atoms with Gasteiger partial charge in [-0.25, -0.2) is 4.98 Å². The fraction of sp³-hybridized carbons (Fsp3) is 0.370. The Balaban J connectivity index is 1.89. The van der Waals surface area contributed by atoms with Gasteiger partial charge in [-0.15, -0.1) is 0 Å². The van der Waals surface area contributed by atoms with Crippen LogP contribution in [0.4, 0.5) is 0 Å². The van der Waals surface area contributed by atoms with E-state index in [2.05, 4.69) is 48.7 Å². The Morgan fingerprint density at radius 2 is 1.60 bits per heavy atom. The molecule has 0 spiro atoms. The molecule has 1 aliphatic rings. The van der Waals surface area contributed by atoms with Crippen LogP contribution in [0.3, 0.4) is 0 Å². The van der Waals surface area contributed by atoms with E-state index in [-0.39, 0.29) is 0 Å². The highest BCUT2D eigenvalue weighted by Gasteiger charge is 2.33. The zero-order valence-electron chi connectivity index (χ0n) is 17.9. The number of rotatable bonds is 6. The number of fused-ring (bicyclic) bond motifs is 5. The highest BCUT2D eigenvalue weighted by molar-refractivity contribution is 6.11. The summed E-state index contributed by atoms with van der Waals surface area (Å²) in [7, 11) is 0. The van der Waals surface area contributed by atoms with Crippen LogP contribution in [-0.2, 0) is 0 Å². The van der Waals surface area contributed by atoms with E-state index in [1.807, 2.05) is 18.3 Å². The molecule has 3 heterocycles. The van der Waals surface area contributed by atoms with Gasteiger partial charge in [0.15, 0.2) is 0 Å². The van der Waals surface area contributed by atoms with Gasteiger partial charge in [0.2, 0.25) is 0 Å². The average Bonchev–Trinajstić information content (AvgIpc) is 3.03. The summed E-state index contributed by atoms with van der Waals surface area (Å²) in [5, 5.41) is 12.7. The van der Waals surface area contributed by atoms with Gasteiger partial charge in [0.05, 0.1) is 11.0 Å². The lowest BCUT2D eigenvalue weighted by Gasteiger charge is -2.27. The molecule has 0 radical (unpaired) electrons. The number of aromatic hydroxyl groups is 1. The minimum Gasteiger partial charge on any atom is -0.508 e. The molecule has 4 aromatic rings. The van der Waals surface area contributed by atoms with Gasteiger partial charge in [-0.1, -0.05) is 63.8 Å². The molecule has 0 saturated carbocycles. The molecular formula is C27H30N2O. The van der Waals surface area contributed by atoms with Crippen LogP contribution in [0.5, 0.6) is 5.75 Å². The second-order valence-electron chi connectivity index (χ2n) is 8.69. The van der Waals surface area contributed by atoms with Crippen molar-refractivity contribution in [3.63, 3.8) is 0 Å². The molecule has 2 aromatic heterocycles. The zero-order valence-corrected chi connectivity index (χ0v) is 17.9. The highest BCUT2D eigenvalue weighted by atomic mass is 16.3. The van der Waals surface area contributed by atoms with Crippen molar-refractivity contribution >= 4 is 21.8 Å². The van der Waals surface area contributed by atoms with Gasteiger partial charge in [-0.2, -0.15) is 0 Å². The van der Waals surface area contributed by atoms with Crippen molar-refractivity contribution in [3.05, 3.63) is 65.9 Å². The molecule has 0 saturated heterocycles. The van der Waals surface area contributed by atoms with Crippen LogP contribution >= 0.6 is 0 Å². The quantitative estimate of drug-likeness (QED) is 0.366. The molecular weight excluding hydrogens is 368 g/mol. The van der Waals surface area contributed by atoms with Gasteiger partial charge in [-0.3, -0.25) is 4.57 Å². The molecule has 1 aliphatic heterocycles. The average molecular weight is 399 g/mol. The van der Waals surface area contributed by atoms with Gasteiger partial charge in [0.25, 0.3) is 0 Å². The summed E-state index contributed by atoms with van der Waals surface area (Å²) in [6.07, 6.45) is 9.18. The third kappa shape index (κ3) is 2.91. The molecule has 2 atom stereocenters. The lowest BCUT2D eigenvalue weighted by atomic mass is 9.76. The smallest absolute Gasteiger partial charge is 0.141 e. The number of aromatic nitrogens is 2. The van der Waals surface area contributed by atoms with E-state index in [1.54, 1.807) is 6.07 Å².